The van der Waals surface area contributed by atoms with E-state index in [-0.39, 0.29) is 11.7 Å². The molecule has 1 aromatic rings. The fourth-order valence-electron chi connectivity index (χ4n) is 3.52. The molecule has 1 amide bonds. The highest BCUT2D eigenvalue weighted by molar-refractivity contribution is 5.94. The summed E-state index contributed by atoms with van der Waals surface area (Å²) in [6.45, 7) is 5.20. The smallest absolute Gasteiger partial charge is 0.253 e. The Morgan fingerprint density at radius 2 is 1.81 bits per heavy atom. The number of hydrogen-bond donors (Lipinski definition) is 0. The predicted octanol–water partition coefficient (Wildman–Crippen LogP) is 2.83. The van der Waals surface area contributed by atoms with Crippen LogP contribution in [0.15, 0.2) is 18.2 Å². The third-order valence-corrected chi connectivity index (χ3v) is 4.85. The van der Waals surface area contributed by atoms with E-state index < -0.39 is 0 Å². The molecule has 1 heterocycles. The number of carbonyl (C=O) groups is 1. The summed E-state index contributed by atoms with van der Waals surface area (Å²) in [7, 11) is 0. The van der Waals surface area contributed by atoms with Crippen molar-refractivity contribution in [3.05, 3.63) is 35.1 Å². The number of benzene rings is 1. The zero-order valence-electron chi connectivity index (χ0n) is 12.6. The van der Waals surface area contributed by atoms with E-state index in [0.29, 0.717) is 11.1 Å². The van der Waals surface area contributed by atoms with E-state index >= 15 is 0 Å². The largest absolute Gasteiger partial charge is 0.336 e. The van der Waals surface area contributed by atoms with Gasteiger partial charge < -0.3 is 4.90 Å². The van der Waals surface area contributed by atoms with Crippen LogP contribution in [0.2, 0.25) is 0 Å². The van der Waals surface area contributed by atoms with Crippen molar-refractivity contribution in [2.24, 2.45) is 0 Å². The van der Waals surface area contributed by atoms with Crippen LogP contribution in [-0.2, 0) is 0 Å². The van der Waals surface area contributed by atoms with Gasteiger partial charge in [-0.15, -0.1) is 0 Å². The van der Waals surface area contributed by atoms with Crippen LogP contribution in [0, 0.1) is 12.7 Å². The standard InChI is InChI=1S/C17H23FN2O/c1-13-12-14(6-7-16(13)18)17(21)20-10-8-19(9-11-20)15-4-2-3-5-15/h6-7,12,15H,2-5,8-11H2,1H3. The third kappa shape index (κ3) is 3.10. The van der Waals surface area contributed by atoms with Gasteiger partial charge in [0, 0.05) is 37.8 Å². The molecule has 21 heavy (non-hydrogen) atoms. The van der Waals surface area contributed by atoms with E-state index in [1.165, 1.54) is 31.7 Å². The number of piperazine rings is 1. The quantitative estimate of drug-likeness (QED) is 0.836. The SMILES string of the molecule is Cc1cc(C(=O)N2CCN(C3CCCC3)CC2)ccc1F. The Kier molecular flexibility index (Phi) is 4.24. The van der Waals surface area contributed by atoms with Gasteiger partial charge in [0.15, 0.2) is 0 Å². The Labute approximate surface area is 125 Å². The van der Waals surface area contributed by atoms with Crippen LogP contribution in [0.4, 0.5) is 4.39 Å². The van der Waals surface area contributed by atoms with Crippen molar-refractivity contribution in [2.45, 2.75) is 38.6 Å². The lowest BCUT2D eigenvalue weighted by molar-refractivity contribution is 0.0573. The van der Waals surface area contributed by atoms with Crippen molar-refractivity contribution in [2.75, 3.05) is 26.2 Å². The molecule has 0 aromatic heterocycles. The van der Waals surface area contributed by atoms with Crippen LogP contribution in [0.5, 0.6) is 0 Å². The zero-order chi connectivity index (χ0) is 14.8. The number of nitrogens with zero attached hydrogens (tertiary/aromatic N) is 2. The Bertz CT molecular complexity index is 518. The molecule has 1 saturated heterocycles. The average Bonchev–Trinajstić information content (AvgIpc) is 3.04. The average molecular weight is 290 g/mol. The molecule has 3 rings (SSSR count). The van der Waals surface area contributed by atoms with E-state index in [9.17, 15) is 9.18 Å². The zero-order valence-corrected chi connectivity index (χ0v) is 12.6. The highest BCUT2D eigenvalue weighted by Crippen LogP contribution is 2.24. The van der Waals surface area contributed by atoms with Crippen LogP contribution in [-0.4, -0.2) is 47.9 Å². The van der Waals surface area contributed by atoms with Crippen LogP contribution in [0.1, 0.15) is 41.6 Å². The van der Waals surface area contributed by atoms with E-state index in [4.69, 9.17) is 0 Å². The molecule has 1 aliphatic heterocycles. The van der Waals surface area contributed by atoms with Gasteiger partial charge >= 0.3 is 0 Å². The Morgan fingerprint density at radius 3 is 2.43 bits per heavy atom. The summed E-state index contributed by atoms with van der Waals surface area (Å²) in [6, 6.07) is 5.36. The molecule has 114 valence electrons. The second-order valence-electron chi connectivity index (χ2n) is 6.23. The van der Waals surface area contributed by atoms with Gasteiger partial charge in [0.25, 0.3) is 5.91 Å². The second kappa shape index (κ2) is 6.14. The van der Waals surface area contributed by atoms with Crippen LogP contribution in [0.25, 0.3) is 0 Å². The number of hydrogen-bond acceptors (Lipinski definition) is 2. The molecule has 0 bridgehead atoms. The van der Waals surface area contributed by atoms with Gasteiger partial charge in [-0.3, -0.25) is 9.69 Å². The van der Waals surface area contributed by atoms with Crippen LogP contribution in [0.3, 0.4) is 0 Å². The lowest BCUT2D eigenvalue weighted by Crippen LogP contribution is -2.51. The van der Waals surface area contributed by atoms with Gasteiger partial charge in [-0.25, -0.2) is 4.39 Å². The third-order valence-electron chi connectivity index (χ3n) is 4.85. The minimum absolute atomic E-state index is 0.0316. The molecule has 2 aliphatic rings. The van der Waals surface area contributed by atoms with Crippen molar-refractivity contribution in [3.8, 4) is 0 Å². The van der Waals surface area contributed by atoms with E-state index in [1.807, 2.05) is 4.90 Å². The Morgan fingerprint density at radius 1 is 1.14 bits per heavy atom. The summed E-state index contributed by atoms with van der Waals surface area (Å²) in [5.41, 5.74) is 1.13. The minimum Gasteiger partial charge on any atom is -0.336 e. The van der Waals surface area contributed by atoms with Gasteiger partial charge in [-0.05, 0) is 43.5 Å². The molecular weight excluding hydrogens is 267 g/mol. The van der Waals surface area contributed by atoms with Gasteiger partial charge in [0.1, 0.15) is 5.82 Å². The summed E-state index contributed by atoms with van der Waals surface area (Å²) in [6.07, 6.45) is 5.31. The van der Waals surface area contributed by atoms with Gasteiger partial charge in [-0.1, -0.05) is 12.8 Å². The fraction of sp³-hybridized carbons (Fsp3) is 0.588. The minimum atomic E-state index is -0.252. The molecule has 0 spiro atoms. The predicted molar refractivity (Wildman–Crippen MR) is 80.9 cm³/mol. The van der Waals surface area contributed by atoms with Crippen LogP contribution < -0.4 is 0 Å². The molecule has 0 radical (unpaired) electrons. The van der Waals surface area contributed by atoms with Crippen molar-refractivity contribution in [1.82, 2.24) is 9.80 Å². The normalized spacial score (nSPS) is 21.0. The molecule has 1 saturated carbocycles. The monoisotopic (exact) mass is 290 g/mol. The van der Waals surface area contributed by atoms with Crippen LogP contribution >= 0.6 is 0 Å². The van der Waals surface area contributed by atoms with Gasteiger partial charge in [0.05, 0.1) is 0 Å². The topological polar surface area (TPSA) is 23.6 Å². The first-order valence-electron chi connectivity index (χ1n) is 7.94. The fourth-order valence-corrected chi connectivity index (χ4v) is 3.52. The van der Waals surface area contributed by atoms with Crippen molar-refractivity contribution in [1.29, 1.82) is 0 Å². The Balaban J connectivity index is 1.60. The first kappa shape index (κ1) is 14.5. The number of aryl methyl sites for hydroxylation is 1. The first-order chi connectivity index (χ1) is 10.1. The van der Waals surface area contributed by atoms with Crippen molar-refractivity contribution >= 4 is 5.91 Å². The lowest BCUT2D eigenvalue weighted by atomic mass is 10.1. The highest BCUT2D eigenvalue weighted by Gasteiger charge is 2.28. The number of carbonyl (C=O) groups excluding carboxylic acids is 1. The molecule has 0 atom stereocenters. The molecule has 2 fully saturated rings. The molecule has 0 unspecified atom stereocenters. The molecular formula is C17H23FN2O. The van der Waals surface area contributed by atoms with Gasteiger partial charge in [-0.2, -0.15) is 0 Å². The molecule has 1 aliphatic carbocycles. The molecule has 4 heteroatoms. The summed E-state index contributed by atoms with van der Waals surface area (Å²) in [5, 5.41) is 0. The summed E-state index contributed by atoms with van der Waals surface area (Å²) in [4.78, 5) is 16.9. The van der Waals surface area contributed by atoms with Gasteiger partial charge in [0.2, 0.25) is 0 Å². The summed E-state index contributed by atoms with van der Waals surface area (Å²) >= 11 is 0. The first-order valence-corrected chi connectivity index (χ1v) is 7.94. The Hall–Kier alpha value is -1.42. The maximum atomic E-state index is 13.3. The lowest BCUT2D eigenvalue weighted by Gasteiger charge is -2.38. The highest BCUT2D eigenvalue weighted by atomic mass is 19.1. The molecule has 1 aromatic carbocycles. The van der Waals surface area contributed by atoms with Crippen molar-refractivity contribution < 1.29 is 9.18 Å². The van der Waals surface area contributed by atoms with Crippen molar-refractivity contribution in [3.63, 3.8) is 0 Å². The maximum Gasteiger partial charge on any atom is 0.253 e. The second-order valence-corrected chi connectivity index (χ2v) is 6.23. The molecule has 3 nitrogen and oxygen atoms in total. The number of halogens is 1. The van der Waals surface area contributed by atoms with E-state index in [0.717, 1.165) is 32.2 Å². The van der Waals surface area contributed by atoms with E-state index in [1.54, 1.807) is 19.1 Å². The summed E-state index contributed by atoms with van der Waals surface area (Å²) in [5.74, 6) is -0.221. The number of amides is 1. The van der Waals surface area contributed by atoms with E-state index in [2.05, 4.69) is 4.90 Å². The maximum absolute atomic E-state index is 13.3. The molecule has 0 N–H and O–H groups in total. The summed E-state index contributed by atoms with van der Waals surface area (Å²) < 4.78 is 13.3. The number of rotatable bonds is 2.